The number of anilines is 1. The fourth-order valence-electron chi connectivity index (χ4n) is 1.40. The van der Waals surface area contributed by atoms with Gasteiger partial charge in [0.2, 0.25) is 0 Å². The fraction of sp³-hybridized carbons (Fsp3) is 0.0833. The largest absolute Gasteiger partial charge is 0.411 e. The summed E-state index contributed by atoms with van der Waals surface area (Å²) in [6.45, 7) is 1.62. The number of aromatic nitrogens is 1. The van der Waals surface area contributed by atoms with Crippen LogP contribution in [0.3, 0.4) is 0 Å². The minimum absolute atomic E-state index is 0.312. The van der Waals surface area contributed by atoms with E-state index in [-0.39, 0.29) is 5.91 Å². The van der Waals surface area contributed by atoms with Gasteiger partial charge in [0.15, 0.2) is 5.13 Å². The number of thiazole rings is 1. The predicted molar refractivity (Wildman–Crippen MR) is 83.2 cm³/mol. The van der Waals surface area contributed by atoms with Crippen molar-refractivity contribution in [2.75, 3.05) is 5.32 Å². The predicted octanol–water partition coefficient (Wildman–Crippen LogP) is 4.01. The van der Waals surface area contributed by atoms with Crippen LogP contribution in [-0.4, -0.2) is 21.8 Å². The first-order valence-corrected chi connectivity index (χ1v) is 7.46. The van der Waals surface area contributed by atoms with E-state index in [4.69, 9.17) is 16.8 Å². The Balaban J connectivity index is 2.17. The average Bonchev–Trinajstić information content (AvgIpc) is 2.85. The monoisotopic (exact) mass is 373 g/mol. The van der Waals surface area contributed by atoms with Crippen molar-refractivity contribution in [2.24, 2.45) is 5.16 Å². The Labute approximate surface area is 132 Å². The van der Waals surface area contributed by atoms with E-state index in [1.165, 1.54) is 11.3 Å². The number of nitrogens with one attached hydrogen (secondary N) is 1. The number of halogens is 2. The summed E-state index contributed by atoms with van der Waals surface area (Å²) in [4.78, 5) is 16.2. The van der Waals surface area contributed by atoms with Crippen molar-refractivity contribution in [1.29, 1.82) is 0 Å². The van der Waals surface area contributed by atoms with Crippen LogP contribution in [0.4, 0.5) is 5.13 Å². The number of rotatable bonds is 3. The molecule has 1 amide bonds. The molecule has 0 aliphatic carbocycles. The number of benzene rings is 1. The summed E-state index contributed by atoms with van der Waals surface area (Å²) in [7, 11) is 0. The molecule has 1 heterocycles. The van der Waals surface area contributed by atoms with E-state index in [9.17, 15) is 4.79 Å². The number of amides is 1. The molecule has 0 saturated carbocycles. The molecular formula is C12H9BrClN3O2S. The molecule has 0 spiro atoms. The number of oxime groups is 1. The van der Waals surface area contributed by atoms with Gasteiger partial charge in [-0.15, -0.1) is 11.3 Å². The van der Waals surface area contributed by atoms with Gasteiger partial charge >= 0.3 is 0 Å². The molecule has 1 aromatic carbocycles. The Hall–Kier alpha value is -1.44. The van der Waals surface area contributed by atoms with Crippen molar-refractivity contribution in [3.05, 3.63) is 44.3 Å². The standard InChI is InChI=1S/C12H9BrClN3O2S/c1-6(17-19)10-5-20-12(15-10)16-11(18)7-2-8(13)4-9(14)3-7/h2-5,19H,1H3,(H,15,16,18)/b17-6-. The van der Waals surface area contributed by atoms with Gasteiger partial charge in [0.1, 0.15) is 11.4 Å². The summed E-state index contributed by atoms with van der Waals surface area (Å²) < 4.78 is 0.721. The SMILES string of the molecule is C/C(=N/O)c1csc(NC(=O)c2cc(Cl)cc(Br)c2)n1. The maximum Gasteiger partial charge on any atom is 0.257 e. The zero-order valence-corrected chi connectivity index (χ0v) is 13.4. The van der Waals surface area contributed by atoms with E-state index in [1.54, 1.807) is 30.5 Å². The molecule has 0 atom stereocenters. The van der Waals surface area contributed by atoms with E-state index >= 15 is 0 Å². The maximum atomic E-state index is 12.1. The molecule has 20 heavy (non-hydrogen) atoms. The summed E-state index contributed by atoms with van der Waals surface area (Å²) in [6.07, 6.45) is 0. The van der Waals surface area contributed by atoms with Crippen molar-refractivity contribution in [2.45, 2.75) is 6.92 Å². The van der Waals surface area contributed by atoms with Crippen molar-refractivity contribution >= 4 is 55.6 Å². The maximum absolute atomic E-state index is 12.1. The third-order valence-electron chi connectivity index (χ3n) is 2.37. The van der Waals surface area contributed by atoms with Crippen LogP contribution in [0, 0.1) is 0 Å². The number of hydrogen-bond acceptors (Lipinski definition) is 5. The second-order valence-electron chi connectivity index (χ2n) is 3.84. The Kier molecular flexibility index (Phi) is 4.74. The van der Waals surface area contributed by atoms with Gasteiger partial charge in [-0.3, -0.25) is 10.1 Å². The van der Waals surface area contributed by atoms with Crippen molar-refractivity contribution in [3.8, 4) is 0 Å². The Bertz CT molecular complexity index is 667. The summed E-state index contributed by atoms with van der Waals surface area (Å²) >= 11 is 10.4. The topological polar surface area (TPSA) is 74.6 Å². The van der Waals surface area contributed by atoms with Crippen LogP contribution in [0.15, 0.2) is 33.2 Å². The van der Waals surface area contributed by atoms with Crippen LogP contribution in [0.25, 0.3) is 0 Å². The van der Waals surface area contributed by atoms with Gasteiger partial charge < -0.3 is 5.21 Å². The second kappa shape index (κ2) is 6.34. The van der Waals surface area contributed by atoms with E-state index in [1.807, 2.05) is 0 Å². The van der Waals surface area contributed by atoms with E-state index < -0.39 is 0 Å². The number of carbonyl (C=O) groups is 1. The van der Waals surface area contributed by atoms with Crippen LogP contribution < -0.4 is 5.32 Å². The highest BCUT2D eigenvalue weighted by molar-refractivity contribution is 9.10. The van der Waals surface area contributed by atoms with E-state index in [2.05, 4.69) is 31.4 Å². The lowest BCUT2D eigenvalue weighted by Gasteiger charge is -2.03. The molecule has 104 valence electrons. The minimum atomic E-state index is -0.312. The lowest BCUT2D eigenvalue weighted by molar-refractivity contribution is 0.102. The van der Waals surface area contributed by atoms with Crippen LogP contribution in [0.2, 0.25) is 5.02 Å². The Morgan fingerprint density at radius 1 is 1.50 bits per heavy atom. The van der Waals surface area contributed by atoms with E-state index in [0.29, 0.717) is 27.1 Å². The van der Waals surface area contributed by atoms with Gasteiger partial charge in [0.05, 0.1) is 0 Å². The third-order valence-corrected chi connectivity index (χ3v) is 3.80. The van der Waals surface area contributed by atoms with Crippen LogP contribution in [0.1, 0.15) is 23.0 Å². The zero-order chi connectivity index (χ0) is 14.7. The first kappa shape index (κ1) is 15.0. The van der Waals surface area contributed by atoms with Gasteiger partial charge in [-0.2, -0.15) is 0 Å². The van der Waals surface area contributed by atoms with Gasteiger partial charge in [-0.05, 0) is 25.1 Å². The Morgan fingerprint density at radius 2 is 2.25 bits per heavy atom. The molecule has 2 aromatic rings. The van der Waals surface area contributed by atoms with Crippen molar-refractivity contribution in [3.63, 3.8) is 0 Å². The number of hydrogen-bond donors (Lipinski definition) is 2. The molecule has 0 aliphatic rings. The van der Waals surface area contributed by atoms with E-state index in [0.717, 1.165) is 4.47 Å². The smallest absolute Gasteiger partial charge is 0.257 e. The first-order valence-electron chi connectivity index (χ1n) is 5.41. The quantitative estimate of drug-likeness (QED) is 0.484. The molecule has 0 saturated heterocycles. The zero-order valence-electron chi connectivity index (χ0n) is 10.2. The number of nitrogens with zero attached hydrogens (tertiary/aromatic N) is 2. The highest BCUT2D eigenvalue weighted by Gasteiger charge is 2.11. The second-order valence-corrected chi connectivity index (χ2v) is 6.05. The highest BCUT2D eigenvalue weighted by Crippen LogP contribution is 2.21. The van der Waals surface area contributed by atoms with Crippen LogP contribution >= 0.6 is 38.9 Å². The van der Waals surface area contributed by atoms with Gasteiger partial charge in [0, 0.05) is 20.4 Å². The Morgan fingerprint density at radius 3 is 2.90 bits per heavy atom. The summed E-state index contributed by atoms with van der Waals surface area (Å²) in [6, 6.07) is 4.92. The molecule has 0 radical (unpaired) electrons. The van der Waals surface area contributed by atoms with Gasteiger partial charge in [-0.1, -0.05) is 32.7 Å². The molecule has 5 nitrogen and oxygen atoms in total. The summed E-state index contributed by atoms with van der Waals surface area (Å²) in [5.74, 6) is -0.312. The normalized spacial score (nSPS) is 11.4. The molecule has 2 N–H and O–H groups in total. The van der Waals surface area contributed by atoms with Crippen LogP contribution in [0.5, 0.6) is 0 Å². The molecule has 0 fully saturated rings. The molecule has 0 unspecified atom stereocenters. The molecular weight excluding hydrogens is 366 g/mol. The first-order chi connectivity index (χ1) is 9.49. The lowest BCUT2D eigenvalue weighted by atomic mass is 10.2. The lowest BCUT2D eigenvalue weighted by Crippen LogP contribution is -2.12. The van der Waals surface area contributed by atoms with Gasteiger partial charge in [0.25, 0.3) is 5.91 Å². The summed E-state index contributed by atoms with van der Waals surface area (Å²) in [5, 5.41) is 17.0. The minimum Gasteiger partial charge on any atom is -0.411 e. The average molecular weight is 375 g/mol. The van der Waals surface area contributed by atoms with Crippen molar-refractivity contribution < 1.29 is 10.0 Å². The molecule has 1 aromatic heterocycles. The van der Waals surface area contributed by atoms with Gasteiger partial charge in [-0.25, -0.2) is 4.98 Å². The fourth-order valence-corrected chi connectivity index (χ4v) is 3.01. The summed E-state index contributed by atoms with van der Waals surface area (Å²) in [5.41, 5.74) is 1.32. The van der Waals surface area contributed by atoms with Crippen molar-refractivity contribution in [1.82, 2.24) is 4.98 Å². The molecule has 2 rings (SSSR count). The highest BCUT2D eigenvalue weighted by atomic mass is 79.9. The molecule has 0 bridgehead atoms. The van der Waals surface area contributed by atoms with Crippen LogP contribution in [-0.2, 0) is 0 Å². The molecule has 0 aliphatic heterocycles. The number of carbonyl (C=O) groups excluding carboxylic acids is 1. The third kappa shape index (κ3) is 3.56. The molecule has 8 heteroatoms.